The number of fused-ring (bicyclic) bond motifs is 3. The van der Waals surface area contributed by atoms with Crippen molar-refractivity contribution in [1.82, 2.24) is 19.6 Å². The highest BCUT2D eigenvalue weighted by molar-refractivity contribution is 7.23. The van der Waals surface area contributed by atoms with Crippen molar-refractivity contribution in [3.8, 4) is 11.3 Å². The summed E-state index contributed by atoms with van der Waals surface area (Å²) < 4.78 is 8.16. The van der Waals surface area contributed by atoms with Crippen molar-refractivity contribution in [3.63, 3.8) is 0 Å². The van der Waals surface area contributed by atoms with Crippen molar-refractivity contribution in [2.24, 2.45) is 0 Å². The molecule has 4 aromatic rings. The molecule has 5 rings (SSSR count). The Kier molecular flexibility index (Phi) is 5.53. The molecule has 0 unspecified atom stereocenters. The number of carbonyl (C=O) groups excluding carboxylic acids is 2. The summed E-state index contributed by atoms with van der Waals surface area (Å²) in [6, 6.07) is 15.9. The van der Waals surface area contributed by atoms with Gasteiger partial charge in [-0.15, -0.1) is 0 Å². The van der Waals surface area contributed by atoms with E-state index in [9.17, 15) is 9.59 Å². The van der Waals surface area contributed by atoms with Gasteiger partial charge in [0, 0.05) is 36.5 Å². The van der Waals surface area contributed by atoms with Crippen molar-refractivity contribution in [3.05, 3.63) is 60.3 Å². The molecular weight excluding hydrogens is 424 g/mol. The average Bonchev–Trinajstić information content (AvgIpc) is 3.38. The molecule has 1 saturated heterocycles. The Bertz CT molecular complexity index is 1270. The van der Waals surface area contributed by atoms with Gasteiger partial charge in [0.25, 0.3) is 5.91 Å². The first-order chi connectivity index (χ1) is 15.6. The number of ether oxygens (including phenoxy) is 1. The third-order valence-electron chi connectivity index (χ3n) is 5.78. The van der Waals surface area contributed by atoms with Crippen LogP contribution in [0.15, 0.2) is 54.7 Å². The van der Waals surface area contributed by atoms with E-state index in [0.29, 0.717) is 25.3 Å². The average molecular weight is 449 g/mol. The van der Waals surface area contributed by atoms with E-state index in [4.69, 9.17) is 9.72 Å². The minimum Gasteiger partial charge on any atom is -0.450 e. The molecule has 0 bridgehead atoms. The molecule has 0 spiro atoms. The largest absolute Gasteiger partial charge is 0.450 e. The maximum atomic E-state index is 12.8. The first-order valence-corrected chi connectivity index (χ1v) is 11.6. The molecular formula is C24H24N4O3S. The van der Waals surface area contributed by atoms with Gasteiger partial charge in [-0.05, 0) is 38.0 Å². The number of nitrogens with zero attached hydrogens (tertiary/aromatic N) is 3. The standard InChI is InChI=1S/C24H24N4O3S/c1-2-31-24(30)27-12-10-18(11-13-27)25-22(29)17-8-9-20-21(14-17)32-23-26-19(15-28(20)23)16-6-4-3-5-7-16/h3-9,14-15,18H,2,10-13H2,1H3,(H,25,29). The Morgan fingerprint density at radius 1 is 1.16 bits per heavy atom. The van der Waals surface area contributed by atoms with Gasteiger partial charge in [0.2, 0.25) is 0 Å². The lowest BCUT2D eigenvalue weighted by Gasteiger charge is -2.31. The van der Waals surface area contributed by atoms with Crippen LogP contribution in [0.3, 0.4) is 0 Å². The molecule has 2 aromatic carbocycles. The van der Waals surface area contributed by atoms with Crippen molar-refractivity contribution >= 4 is 38.5 Å². The van der Waals surface area contributed by atoms with Crippen LogP contribution in [-0.2, 0) is 4.74 Å². The maximum Gasteiger partial charge on any atom is 0.409 e. The third kappa shape index (κ3) is 3.93. The lowest BCUT2D eigenvalue weighted by molar-refractivity contribution is 0.0860. The molecule has 8 heteroatoms. The highest BCUT2D eigenvalue weighted by atomic mass is 32.1. The molecule has 3 heterocycles. The number of hydrogen-bond acceptors (Lipinski definition) is 5. The first kappa shape index (κ1) is 20.5. The summed E-state index contributed by atoms with van der Waals surface area (Å²) in [5.41, 5.74) is 3.70. The molecule has 2 aromatic heterocycles. The van der Waals surface area contributed by atoms with Crippen LogP contribution in [0.2, 0.25) is 0 Å². The first-order valence-electron chi connectivity index (χ1n) is 10.8. The summed E-state index contributed by atoms with van der Waals surface area (Å²) in [5.74, 6) is -0.0856. The number of piperidine rings is 1. The second-order valence-corrected chi connectivity index (χ2v) is 8.87. The zero-order valence-electron chi connectivity index (χ0n) is 17.8. The number of benzene rings is 2. The van der Waals surface area contributed by atoms with E-state index in [1.807, 2.05) is 54.7 Å². The molecule has 164 valence electrons. The lowest BCUT2D eigenvalue weighted by atomic mass is 10.0. The van der Waals surface area contributed by atoms with E-state index in [2.05, 4.69) is 9.72 Å². The van der Waals surface area contributed by atoms with Gasteiger partial charge >= 0.3 is 6.09 Å². The van der Waals surface area contributed by atoms with Crippen LogP contribution in [0.25, 0.3) is 26.4 Å². The number of thiazole rings is 1. The van der Waals surface area contributed by atoms with Crippen molar-refractivity contribution < 1.29 is 14.3 Å². The van der Waals surface area contributed by atoms with Gasteiger partial charge in [-0.2, -0.15) is 0 Å². The smallest absolute Gasteiger partial charge is 0.409 e. The van der Waals surface area contributed by atoms with E-state index < -0.39 is 0 Å². The summed E-state index contributed by atoms with van der Waals surface area (Å²) in [6.07, 6.45) is 3.21. The topological polar surface area (TPSA) is 75.9 Å². The molecule has 1 aliphatic heterocycles. The SMILES string of the molecule is CCOC(=O)N1CCC(NC(=O)c2ccc3c(c2)sc2nc(-c4ccccc4)cn23)CC1. The predicted octanol–water partition coefficient (Wildman–Crippen LogP) is 4.57. The van der Waals surface area contributed by atoms with Gasteiger partial charge in [-0.3, -0.25) is 9.20 Å². The van der Waals surface area contributed by atoms with Crippen molar-refractivity contribution in [2.75, 3.05) is 19.7 Å². The Hall–Kier alpha value is -3.39. The Morgan fingerprint density at radius 3 is 2.69 bits per heavy atom. The van der Waals surface area contributed by atoms with Crippen LogP contribution in [0.4, 0.5) is 4.79 Å². The van der Waals surface area contributed by atoms with Crippen LogP contribution in [-0.4, -0.2) is 52.0 Å². The lowest BCUT2D eigenvalue weighted by Crippen LogP contribution is -2.46. The Balaban J connectivity index is 1.29. The van der Waals surface area contributed by atoms with Crippen LogP contribution in [0, 0.1) is 0 Å². The predicted molar refractivity (Wildman–Crippen MR) is 125 cm³/mol. The number of amides is 2. The number of rotatable bonds is 4. The number of imidazole rings is 1. The Morgan fingerprint density at radius 2 is 1.94 bits per heavy atom. The van der Waals surface area contributed by atoms with E-state index in [-0.39, 0.29) is 18.0 Å². The molecule has 0 radical (unpaired) electrons. The third-order valence-corrected chi connectivity index (χ3v) is 6.80. The van der Waals surface area contributed by atoms with E-state index in [0.717, 1.165) is 39.3 Å². The number of likely N-dealkylation sites (tertiary alicyclic amines) is 1. The van der Waals surface area contributed by atoms with Crippen LogP contribution in [0.1, 0.15) is 30.1 Å². The highest BCUT2D eigenvalue weighted by Gasteiger charge is 2.25. The van der Waals surface area contributed by atoms with E-state index in [1.165, 1.54) is 0 Å². The molecule has 2 amide bonds. The molecule has 0 atom stereocenters. The normalized spacial score (nSPS) is 14.7. The van der Waals surface area contributed by atoms with Crippen molar-refractivity contribution in [1.29, 1.82) is 0 Å². The monoisotopic (exact) mass is 448 g/mol. The minimum absolute atomic E-state index is 0.0537. The number of hydrogen-bond donors (Lipinski definition) is 1. The van der Waals surface area contributed by atoms with Gasteiger partial charge in [-0.1, -0.05) is 41.7 Å². The van der Waals surface area contributed by atoms with Crippen LogP contribution < -0.4 is 5.32 Å². The van der Waals surface area contributed by atoms with E-state index >= 15 is 0 Å². The summed E-state index contributed by atoms with van der Waals surface area (Å²) >= 11 is 1.58. The van der Waals surface area contributed by atoms with Crippen molar-refractivity contribution in [2.45, 2.75) is 25.8 Å². The fraction of sp³-hybridized carbons (Fsp3) is 0.292. The molecule has 0 aliphatic carbocycles. The quantitative estimate of drug-likeness (QED) is 0.496. The highest BCUT2D eigenvalue weighted by Crippen LogP contribution is 2.30. The minimum atomic E-state index is -0.277. The second kappa shape index (κ2) is 8.63. The van der Waals surface area contributed by atoms with Gasteiger partial charge in [0.1, 0.15) is 0 Å². The summed E-state index contributed by atoms with van der Waals surface area (Å²) in [5, 5.41) is 3.11. The Labute approximate surface area is 189 Å². The fourth-order valence-electron chi connectivity index (χ4n) is 4.08. The maximum absolute atomic E-state index is 12.8. The van der Waals surface area contributed by atoms with Gasteiger partial charge < -0.3 is 15.0 Å². The van der Waals surface area contributed by atoms with Crippen LogP contribution >= 0.6 is 11.3 Å². The van der Waals surface area contributed by atoms with Gasteiger partial charge in [0.15, 0.2) is 4.96 Å². The molecule has 1 aliphatic rings. The van der Waals surface area contributed by atoms with E-state index in [1.54, 1.807) is 23.2 Å². The summed E-state index contributed by atoms with van der Waals surface area (Å²) in [4.78, 5) is 32.0. The zero-order valence-corrected chi connectivity index (χ0v) is 18.6. The van der Waals surface area contributed by atoms with Gasteiger partial charge in [-0.25, -0.2) is 9.78 Å². The molecule has 32 heavy (non-hydrogen) atoms. The van der Waals surface area contributed by atoms with Crippen LogP contribution in [0.5, 0.6) is 0 Å². The number of aromatic nitrogens is 2. The molecule has 7 nitrogen and oxygen atoms in total. The number of nitrogens with one attached hydrogen (secondary N) is 1. The molecule has 1 N–H and O–H groups in total. The number of carbonyl (C=O) groups is 2. The summed E-state index contributed by atoms with van der Waals surface area (Å²) in [7, 11) is 0. The fourth-order valence-corrected chi connectivity index (χ4v) is 5.13. The molecule has 1 fully saturated rings. The zero-order chi connectivity index (χ0) is 22.1. The second-order valence-electron chi connectivity index (χ2n) is 7.86. The molecule has 0 saturated carbocycles. The summed E-state index contributed by atoms with van der Waals surface area (Å²) in [6.45, 7) is 3.36. The van der Waals surface area contributed by atoms with Gasteiger partial charge in [0.05, 0.1) is 22.5 Å².